The van der Waals surface area contributed by atoms with Crippen molar-refractivity contribution in [2.45, 2.75) is 83.7 Å². The van der Waals surface area contributed by atoms with Crippen LogP contribution in [0, 0.1) is 11.3 Å². The Labute approximate surface area is 178 Å². The molecule has 0 aliphatic rings. The third kappa shape index (κ3) is 10.9. The molecule has 0 bridgehead atoms. The number of nitrogens with one attached hydrogen (secondary N) is 2. The molecule has 171 valence electrons. The molecule has 0 heterocycles. The fraction of sp³-hybridized carbons (Fsp3) is 0.750. The normalized spacial score (nSPS) is 13.7. The minimum Gasteiger partial charge on any atom is -0.481 e. The topological polar surface area (TPSA) is 180 Å². The molecule has 0 fully saturated rings. The molecule has 0 unspecified atom stereocenters. The van der Waals surface area contributed by atoms with Gasteiger partial charge in [-0.1, -0.05) is 46.0 Å². The number of aliphatic carboxylic acids is 1. The quantitative estimate of drug-likeness (QED) is 0.137. The zero-order chi connectivity index (χ0) is 23.1. The lowest BCUT2D eigenvalue weighted by molar-refractivity contribution is -0.150. The van der Waals surface area contributed by atoms with Crippen LogP contribution in [0.2, 0.25) is 0 Å². The third-order valence-corrected chi connectivity index (χ3v) is 4.93. The van der Waals surface area contributed by atoms with Gasteiger partial charge >= 0.3 is 5.97 Å². The zero-order valence-corrected chi connectivity index (χ0v) is 18.0. The number of nitrogens with two attached hydrogens (primary N) is 2. The first-order chi connectivity index (χ1) is 14.1. The summed E-state index contributed by atoms with van der Waals surface area (Å²) in [5, 5.41) is 18.7. The number of carbonyl (C=O) groups excluding carboxylic acids is 3. The van der Waals surface area contributed by atoms with Crippen molar-refractivity contribution in [2.75, 3.05) is 6.54 Å². The molecule has 0 aliphatic heterocycles. The fourth-order valence-corrected chi connectivity index (χ4v) is 2.97. The first-order valence-electron chi connectivity index (χ1n) is 10.4. The summed E-state index contributed by atoms with van der Waals surface area (Å²) in [4.78, 5) is 48.5. The summed E-state index contributed by atoms with van der Waals surface area (Å²) in [5.41, 5.74) is 10.9. The monoisotopic (exact) mass is 426 g/mol. The van der Waals surface area contributed by atoms with E-state index in [1.165, 1.54) is 0 Å². The molecule has 30 heavy (non-hydrogen) atoms. The molecule has 7 N–H and O–H groups in total. The highest BCUT2D eigenvalue weighted by Crippen LogP contribution is 2.18. The summed E-state index contributed by atoms with van der Waals surface area (Å²) in [7, 11) is 0. The highest BCUT2D eigenvalue weighted by atomic mass is 16.4. The van der Waals surface area contributed by atoms with Crippen molar-refractivity contribution in [3.8, 4) is 0 Å². The summed E-state index contributed by atoms with van der Waals surface area (Å²) in [5.74, 6) is -2.99. The van der Waals surface area contributed by atoms with E-state index in [-0.39, 0.29) is 18.3 Å². The fourth-order valence-electron chi connectivity index (χ4n) is 2.97. The van der Waals surface area contributed by atoms with E-state index in [9.17, 15) is 19.2 Å². The lowest BCUT2D eigenvalue weighted by atomic mass is 9.97. The molecular weight excluding hydrogens is 390 g/mol. The van der Waals surface area contributed by atoms with Crippen molar-refractivity contribution in [3.05, 3.63) is 0 Å². The molecule has 0 saturated carbocycles. The number of guanidine groups is 1. The van der Waals surface area contributed by atoms with Crippen LogP contribution in [0.15, 0.2) is 0 Å². The van der Waals surface area contributed by atoms with Gasteiger partial charge in [0.1, 0.15) is 6.04 Å². The van der Waals surface area contributed by atoms with Crippen LogP contribution in [0.5, 0.6) is 0 Å². The second kappa shape index (κ2) is 15.4. The van der Waals surface area contributed by atoms with Crippen molar-refractivity contribution < 1.29 is 24.3 Å². The molecule has 0 rings (SSSR count). The largest absolute Gasteiger partial charge is 0.481 e. The number of amides is 2. The molecule has 10 nitrogen and oxygen atoms in total. The van der Waals surface area contributed by atoms with Gasteiger partial charge in [-0.25, -0.2) is 0 Å². The maximum atomic E-state index is 12.7. The molecule has 2 amide bonds. The van der Waals surface area contributed by atoms with Gasteiger partial charge in [-0.15, -0.1) is 0 Å². The third-order valence-electron chi connectivity index (χ3n) is 4.93. The Morgan fingerprint density at radius 2 is 1.70 bits per heavy atom. The van der Waals surface area contributed by atoms with E-state index >= 15 is 0 Å². The highest BCUT2D eigenvalue weighted by Gasteiger charge is 2.36. The van der Waals surface area contributed by atoms with Crippen molar-refractivity contribution >= 4 is 30.0 Å². The predicted molar refractivity (Wildman–Crippen MR) is 113 cm³/mol. The van der Waals surface area contributed by atoms with Crippen LogP contribution < -0.4 is 16.8 Å². The van der Waals surface area contributed by atoms with Crippen molar-refractivity contribution in [1.82, 2.24) is 10.2 Å². The first-order valence-corrected chi connectivity index (χ1v) is 10.4. The minimum absolute atomic E-state index is 0.0426. The Bertz CT molecular complexity index is 584. The highest BCUT2D eigenvalue weighted by molar-refractivity contribution is 6.01. The zero-order valence-electron chi connectivity index (χ0n) is 18.0. The van der Waals surface area contributed by atoms with E-state index in [0.29, 0.717) is 19.4 Å². The molecule has 3 atom stereocenters. The van der Waals surface area contributed by atoms with E-state index in [0.717, 1.165) is 37.0 Å². The molecule has 0 aromatic heterocycles. The van der Waals surface area contributed by atoms with Gasteiger partial charge in [0, 0.05) is 13.0 Å². The summed E-state index contributed by atoms with van der Waals surface area (Å²) in [6.07, 6.45) is 6.85. The molecule has 0 aliphatic carbocycles. The summed E-state index contributed by atoms with van der Waals surface area (Å²) in [6.45, 7) is 4.21. The van der Waals surface area contributed by atoms with E-state index in [1.807, 2.05) is 6.92 Å². The molecule has 0 aromatic carbocycles. The van der Waals surface area contributed by atoms with Gasteiger partial charge < -0.3 is 21.9 Å². The summed E-state index contributed by atoms with van der Waals surface area (Å²) < 4.78 is 0. The smallest absolute Gasteiger partial charge is 0.305 e. The van der Waals surface area contributed by atoms with Crippen LogP contribution in [-0.4, -0.2) is 58.7 Å². The molecule has 0 saturated heterocycles. The van der Waals surface area contributed by atoms with E-state index < -0.39 is 36.3 Å². The van der Waals surface area contributed by atoms with Crippen LogP contribution in [0.1, 0.15) is 71.6 Å². The minimum atomic E-state index is -1.39. The van der Waals surface area contributed by atoms with Crippen LogP contribution in [0.25, 0.3) is 0 Å². The number of nitrogens with zero attached hydrogens (tertiary/aromatic N) is 1. The molecule has 0 spiro atoms. The van der Waals surface area contributed by atoms with E-state index in [2.05, 4.69) is 5.32 Å². The number of carboxylic acids is 1. The molecular formula is C20H36N5O5. The SMILES string of the molecule is CC[C@H](C)[C@@H]([C]=O)N(C(=O)CCCCCCCCNC(=N)N)C(=O)[C@@H](N)CC(=O)O. The predicted octanol–water partition coefficient (Wildman–Crippen LogP) is 0.882. The second-order valence-corrected chi connectivity index (χ2v) is 7.47. The lowest BCUT2D eigenvalue weighted by Crippen LogP contribution is -2.54. The van der Waals surface area contributed by atoms with E-state index in [4.69, 9.17) is 22.0 Å². The van der Waals surface area contributed by atoms with Crippen LogP contribution in [0.4, 0.5) is 0 Å². The number of hydrogen-bond donors (Lipinski definition) is 5. The number of unbranched alkanes of at least 4 members (excludes halogenated alkanes) is 5. The van der Waals surface area contributed by atoms with Gasteiger partial charge in [0.2, 0.25) is 18.1 Å². The van der Waals surface area contributed by atoms with Crippen molar-refractivity contribution in [2.24, 2.45) is 17.4 Å². The Morgan fingerprint density at radius 1 is 1.13 bits per heavy atom. The number of rotatable bonds is 16. The molecule has 1 radical (unpaired) electrons. The first kappa shape index (κ1) is 27.5. The van der Waals surface area contributed by atoms with Gasteiger partial charge in [-0.05, 0) is 18.8 Å². The van der Waals surface area contributed by atoms with E-state index in [1.54, 1.807) is 13.2 Å². The van der Waals surface area contributed by atoms with Crippen LogP contribution in [-0.2, 0) is 19.2 Å². The Morgan fingerprint density at radius 3 is 2.20 bits per heavy atom. The Balaban J connectivity index is 4.70. The molecule has 0 aromatic rings. The summed E-state index contributed by atoms with van der Waals surface area (Å²) in [6, 6.07) is -2.47. The second-order valence-electron chi connectivity index (χ2n) is 7.47. The number of hydrogen-bond acceptors (Lipinski definition) is 6. The maximum Gasteiger partial charge on any atom is 0.305 e. The maximum absolute atomic E-state index is 12.7. The number of carboxylic acid groups (broad SMARTS) is 1. The number of carbonyl (C=O) groups is 3. The van der Waals surface area contributed by atoms with Crippen molar-refractivity contribution in [1.29, 1.82) is 5.41 Å². The number of imide groups is 1. The van der Waals surface area contributed by atoms with Gasteiger partial charge in [0.05, 0.1) is 12.5 Å². The van der Waals surface area contributed by atoms with Gasteiger partial charge in [-0.2, -0.15) is 0 Å². The van der Waals surface area contributed by atoms with Gasteiger partial charge in [0.15, 0.2) is 5.96 Å². The Hall–Kier alpha value is -2.49. The van der Waals surface area contributed by atoms with Crippen molar-refractivity contribution in [3.63, 3.8) is 0 Å². The standard InChI is InChI=1S/C20H36N5O5/c1-3-14(2)16(13-26)25(19(30)15(21)12-18(28)29)17(27)10-8-6-4-5-7-9-11-24-20(22)23/h14-16H,3-12,21H2,1-2H3,(H,28,29)(H4,22,23,24)/t14-,15-,16+/m0/s1. The van der Waals surface area contributed by atoms with Crippen LogP contribution >= 0.6 is 0 Å². The average Bonchev–Trinajstić information content (AvgIpc) is 2.68. The van der Waals surface area contributed by atoms with Gasteiger partial charge in [0.25, 0.3) is 0 Å². The summed E-state index contributed by atoms with van der Waals surface area (Å²) >= 11 is 0. The average molecular weight is 427 g/mol. The van der Waals surface area contributed by atoms with Crippen LogP contribution in [0.3, 0.4) is 0 Å². The van der Waals surface area contributed by atoms with Gasteiger partial charge in [-0.3, -0.25) is 29.5 Å². The lowest BCUT2D eigenvalue weighted by Gasteiger charge is -2.31. The molecule has 10 heteroatoms. The Kier molecular flexibility index (Phi) is 14.1.